The number of aliphatic imine (C=N–C) groups is 1. The van der Waals surface area contributed by atoms with Gasteiger partial charge in [0.15, 0.2) is 0 Å². The minimum atomic E-state index is -0.110. The van der Waals surface area contributed by atoms with Crippen LogP contribution in [-0.2, 0) is 11.2 Å². The molecule has 0 aromatic carbocycles. The Balaban J connectivity index is 1.78. The molecule has 1 saturated carbocycles. The van der Waals surface area contributed by atoms with Gasteiger partial charge in [-0.15, -0.1) is 0 Å². The summed E-state index contributed by atoms with van der Waals surface area (Å²) in [6.45, 7) is 4.81. The van der Waals surface area contributed by atoms with Crippen molar-refractivity contribution in [3.05, 3.63) is 29.6 Å². The largest absolute Gasteiger partial charge is 0.474 e. The van der Waals surface area contributed by atoms with Crippen molar-refractivity contribution >= 4 is 5.90 Å². The van der Waals surface area contributed by atoms with Crippen LogP contribution in [0.25, 0.3) is 0 Å². The fraction of sp³-hybridized carbons (Fsp3) is 0.600. The molecule has 2 heterocycles. The second-order valence-corrected chi connectivity index (χ2v) is 6.03. The van der Waals surface area contributed by atoms with Crippen LogP contribution >= 0.6 is 0 Å². The molecule has 1 aliphatic heterocycles. The standard InChI is InChI=1S/C15H20N2O/c1-15(2)10-18-14(17-15)13-8-4-7-12(16-13)9-11-5-3-6-11/h4,7-8,11H,3,5-6,9-10H2,1-2H3. The molecule has 0 radical (unpaired) electrons. The van der Waals surface area contributed by atoms with E-state index >= 15 is 0 Å². The Hall–Kier alpha value is -1.38. The van der Waals surface area contributed by atoms with Crippen molar-refractivity contribution in [1.29, 1.82) is 0 Å². The maximum atomic E-state index is 5.64. The Morgan fingerprint density at radius 3 is 2.78 bits per heavy atom. The SMILES string of the molecule is CC1(C)COC(c2cccc(CC3CCC3)n2)=N1. The Kier molecular flexibility index (Phi) is 2.84. The monoisotopic (exact) mass is 244 g/mol. The first-order chi connectivity index (χ1) is 8.62. The van der Waals surface area contributed by atoms with E-state index in [4.69, 9.17) is 4.74 Å². The highest BCUT2D eigenvalue weighted by Gasteiger charge is 2.28. The van der Waals surface area contributed by atoms with Gasteiger partial charge in [0.1, 0.15) is 12.3 Å². The van der Waals surface area contributed by atoms with Gasteiger partial charge in [0.25, 0.3) is 0 Å². The van der Waals surface area contributed by atoms with Crippen LogP contribution in [0.15, 0.2) is 23.2 Å². The van der Waals surface area contributed by atoms with Gasteiger partial charge in [-0.05, 0) is 38.3 Å². The van der Waals surface area contributed by atoms with Gasteiger partial charge < -0.3 is 4.74 Å². The van der Waals surface area contributed by atoms with Crippen molar-refractivity contribution in [2.75, 3.05) is 6.61 Å². The lowest BCUT2D eigenvalue weighted by molar-refractivity contribution is 0.279. The Bertz CT molecular complexity index is 475. The van der Waals surface area contributed by atoms with Crippen molar-refractivity contribution in [2.45, 2.75) is 45.1 Å². The molecule has 1 aromatic rings. The first-order valence-electron chi connectivity index (χ1n) is 6.81. The smallest absolute Gasteiger partial charge is 0.236 e. The maximum absolute atomic E-state index is 5.64. The van der Waals surface area contributed by atoms with Gasteiger partial charge in [-0.1, -0.05) is 25.3 Å². The number of aromatic nitrogens is 1. The average molecular weight is 244 g/mol. The molecule has 1 aromatic heterocycles. The topological polar surface area (TPSA) is 34.5 Å². The second kappa shape index (κ2) is 4.38. The minimum absolute atomic E-state index is 0.110. The number of ether oxygens (including phenoxy) is 1. The Morgan fingerprint density at radius 2 is 2.17 bits per heavy atom. The highest BCUT2D eigenvalue weighted by Crippen LogP contribution is 2.29. The molecular weight excluding hydrogens is 224 g/mol. The fourth-order valence-electron chi connectivity index (χ4n) is 2.42. The van der Waals surface area contributed by atoms with Crippen LogP contribution in [0.1, 0.15) is 44.5 Å². The third-order valence-electron chi connectivity index (χ3n) is 3.71. The van der Waals surface area contributed by atoms with Gasteiger partial charge in [0.05, 0.1) is 5.54 Å². The van der Waals surface area contributed by atoms with E-state index in [2.05, 4.69) is 36.0 Å². The van der Waals surface area contributed by atoms with Crippen LogP contribution < -0.4 is 0 Å². The lowest BCUT2D eigenvalue weighted by Gasteiger charge is -2.24. The van der Waals surface area contributed by atoms with Crippen LogP contribution in [0.5, 0.6) is 0 Å². The van der Waals surface area contributed by atoms with Gasteiger partial charge in [0.2, 0.25) is 5.90 Å². The average Bonchev–Trinajstić information content (AvgIpc) is 2.65. The number of pyridine rings is 1. The summed E-state index contributed by atoms with van der Waals surface area (Å²) in [5, 5.41) is 0. The summed E-state index contributed by atoms with van der Waals surface area (Å²) in [6.07, 6.45) is 5.20. The van der Waals surface area contributed by atoms with Crippen molar-refractivity contribution in [3.8, 4) is 0 Å². The molecule has 0 saturated heterocycles. The van der Waals surface area contributed by atoms with Gasteiger partial charge in [-0.25, -0.2) is 9.98 Å². The van der Waals surface area contributed by atoms with Gasteiger partial charge in [-0.2, -0.15) is 0 Å². The summed E-state index contributed by atoms with van der Waals surface area (Å²) in [5.41, 5.74) is 1.95. The molecule has 2 aliphatic rings. The van der Waals surface area contributed by atoms with Crippen LogP contribution in [0.4, 0.5) is 0 Å². The molecule has 18 heavy (non-hydrogen) atoms. The molecule has 0 spiro atoms. The van der Waals surface area contributed by atoms with Crippen LogP contribution in [0.3, 0.4) is 0 Å². The lowest BCUT2D eigenvalue weighted by atomic mass is 9.82. The molecule has 3 nitrogen and oxygen atoms in total. The maximum Gasteiger partial charge on any atom is 0.236 e. The van der Waals surface area contributed by atoms with E-state index in [9.17, 15) is 0 Å². The molecule has 0 N–H and O–H groups in total. The van der Waals surface area contributed by atoms with Crippen LogP contribution in [0, 0.1) is 5.92 Å². The van der Waals surface area contributed by atoms with Crippen molar-refractivity contribution in [2.24, 2.45) is 10.9 Å². The van der Waals surface area contributed by atoms with E-state index in [0.717, 1.165) is 18.0 Å². The predicted molar refractivity (Wildman–Crippen MR) is 71.9 cm³/mol. The summed E-state index contributed by atoms with van der Waals surface area (Å²) in [5.74, 6) is 1.55. The zero-order chi connectivity index (χ0) is 12.6. The van der Waals surface area contributed by atoms with E-state index < -0.39 is 0 Å². The molecule has 1 fully saturated rings. The first-order valence-corrected chi connectivity index (χ1v) is 6.81. The van der Waals surface area contributed by atoms with Gasteiger partial charge in [-0.3, -0.25) is 0 Å². The highest BCUT2D eigenvalue weighted by molar-refractivity contribution is 5.93. The summed E-state index contributed by atoms with van der Waals surface area (Å²) in [4.78, 5) is 9.26. The summed E-state index contributed by atoms with van der Waals surface area (Å²) < 4.78 is 5.64. The molecule has 0 atom stereocenters. The van der Waals surface area contributed by atoms with Gasteiger partial charge in [0, 0.05) is 5.69 Å². The van der Waals surface area contributed by atoms with Gasteiger partial charge >= 0.3 is 0 Å². The zero-order valence-corrected chi connectivity index (χ0v) is 11.1. The fourth-order valence-corrected chi connectivity index (χ4v) is 2.42. The molecule has 0 unspecified atom stereocenters. The minimum Gasteiger partial charge on any atom is -0.474 e. The molecule has 3 heteroatoms. The molecular formula is C15H20N2O. The predicted octanol–water partition coefficient (Wildman–Crippen LogP) is 2.98. The lowest BCUT2D eigenvalue weighted by Crippen LogP contribution is -2.17. The zero-order valence-electron chi connectivity index (χ0n) is 11.1. The van der Waals surface area contributed by atoms with Crippen LogP contribution in [0.2, 0.25) is 0 Å². The molecule has 96 valence electrons. The van der Waals surface area contributed by atoms with E-state index in [1.54, 1.807) is 0 Å². The number of hydrogen-bond donors (Lipinski definition) is 0. The molecule has 0 amide bonds. The third kappa shape index (κ3) is 2.40. The summed E-state index contributed by atoms with van der Waals surface area (Å²) in [6, 6.07) is 6.17. The number of rotatable bonds is 3. The van der Waals surface area contributed by atoms with E-state index in [1.165, 1.54) is 25.0 Å². The quantitative estimate of drug-likeness (QED) is 0.819. The molecule has 3 rings (SSSR count). The van der Waals surface area contributed by atoms with Crippen molar-refractivity contribution < 1.29 is 4.74 Å². The Morgan fingerprint density at radius 1 is 1.33 bits per heavy atom. The second-order valence-electron chi connectivity index (χ2n) is 6.03. The molecule has 1 aliphatic carbocycles. The third-order valence-corrected chi connectivity index (χ3v) is 3.71. The van der Waals surface area contributed by atoms with Crippen molar-refractivity contribution in [1.82, 2.24) is 4.98 Å². The van der Waals surface area contributed by atoms with E-state index in [-0.39, 0.29) is 5.54 Å². The normalized spacial score (nSPS) is 22.2. The number of hydrogen-bond acceptors (Lipinski definition) is 3. The first kappa shape index (κ1) is 11.7. The van der Waals surface area contributed by atoms with Crippen LogP contribution in [-0.4, -0.2) is 23.0 Å². The van der Waals surface area contributed by atoms with E-state index in [0.29, 0.717) is 12.5 Å². The van der Waals surface area contributed by atoms with E-state index in [1.807, 2.05) is 6.07 Å². The number of nitrogens with zero attached hydrogens (tertiary/aromatic N) is 2. The highest BCUT2D eigenvalue weighted by atomic mass is 16.5. The molecule has 0 bridgehead atoms. The summed E-state index contributed by atoms with van der Waals surface area (Å²) in [7, 11) is 0. The van der Waals surface area contributed by atoms with Crippen molar-refractivity contribution in [3.63, 3.8) is 0 Å². The Labute approximate surface area is 108 Å². The summed E-state index contributed by atoms with van der Waals surface area (Å²) >= 11 is 0.